The van der Waals surface area contributed by atoms with E-state index in [9.17, 15) is 19.5 Å². The fourth-order valence-corrected chi connectivity index (χ4v) is 8.15. The summed E-state index contributed by atoms with van der Waals surface area (Å²) in [6, 6.07) is 0. The predicted molar refractivity (Wildman–Crippen MR) is 301 cm³/mol. The third-order valence-electron chi connectivity index (χ3n) is 12.7. The third-order valence-corrected chi connectivity index (χ3v) is 12.7. The van der Waals surface area contributed by atoms with Gasteiger partial charge in [0, 0.05) is 12.8 Å². The number of nitrogens with zero attached hydrogens (tertiary/aromatic N) is 1. The van der Waals surface area contributed by atoms with E-state index in [2.05, 4.69) is 86.8 Å². The Morgan fingerprint density at radius 3 is 1.18 bits per heavy atom. The minimum absolute atomic E-state index is 0.145. The Morgan fingerprint density at radius 1 is 0.431 bits per heavy atom. The van der Waals surface area contributed by atoms with E-state index in [1.165, 1.54) is 135 Å². The van der Waals surface area contributed by atoms with Crippen LogP contribution in [0.25, 0.3) is 0 Å². The third kappa shape index (κ3) is 54.5. The lowest BCUT2D eigenvalue weighted by Crippen LogP contribution is -2.44. The van der Waals surface area contributed by atoms with E-state index in [0.717, 1.165) is 83.5 Å². The minimum atomic E-state index is -1.62. The summed E-state index contributed by atoms with van der Waals surface area (Å²) in [4.78, 5) is 37.3. The van der Waals surface area contributed by atoms with Gasteiger partial charge in [-0.3, -0.25) is 9.59 Å². The highest BCUT2D eigenvalue weighted by Gasteiger charge is 2.22. The van der Waals surface area contributed by atoms with Crippen LogP contribution in [0.2, 0.25) is 0 Å². The number of ether oxygens (including phenoxy) is 4. The number of rotatable bonds is 54. The first-order valence-corrected chi connectivity index (χ1v) is 29.6. The zero-order chi connectivity index (χ0) is 52.7. The van der Waals surface area contributed by atoms with Crippen molar-refractivity contribution in [1.29, 1.82) is 0 Å². The number of carboxylic acid groups (broad SMARTS) is 1. The van der Waals surface area contributed by atoms with Crippen LogP contribution < -0.4 is 5.11 Å². The second kappa shape index (κ2) is 54.0. The molecule has 9 heteroatoms. The lowest BCUT2D eigenvalue weighted by molar-refractivity contribution is -0.870. The molecule has 0 bridgehead atoms. The van der Waals surface area contributed by atoms with E-state index in [0.29, 0.717) is 17.4 Å². The van der Waals surface area contributed by atoms with E-state index >= 15 is 0 Å². The molecule has 0 saturated heterocycles. The van der Waals surface area contributed by atoms with Crippen molar-refractivity contribution < 1.29 is 42.9 Å². The van der Waals surface area contributed by atoms with Crippen molar-refractivity contribution in [1.82, 2.24) is 0 Å². The molecule has 0 aromatic rings. The number of hydrogen-bond donors (Lipinski definition) is 0. The first kappa shape index (κ1) is 68.7. The molecular formula is C63H111NO8. The fourth-order valence-electron chi connectivity index (χ4n) is 8.15. The van der Waals surface area contributed by atoms with Crippen molar-refractivity contribution >= 4 is 17.9 Å². The molecular weight excluding hydrogens is 899 g/mol. The van der Waals surface area contributed by atoms with Gasteiger partial charge in [-0.25, -0.2) is 0 Å². The molecule has 0 amide bonds. The Hall–Kier alpha value is -3.27. The first-order valence-electron chi connectivity index (χ1n) is 29.6. The number of carboxylic acids is 1. The van der Waals surface area contributed by atoms with Crippen LogP contribution in [0.5, 0.6) is 0 Å². The fraction of sp³-hybridized carbons (Fsp3) is 0.762. The normalized spacial score (nSPS) is 13.3. The summed E-state index contributed by atoms with van der Waals surface area (Å²) in [6.45, 7) is 4.63. The van der Waals surface area contributed by atoms with Gasteiger partial charge in [0.2, 0.25) is 0 Å². The second-order valence-electron chi connectivity index (χ2n) is 20.9. The van der Waals surface area contributed by atoms with Crippen LogP contribution in [0.15, 0.2) is 72.9 Å². The van der Waals surface area contributed by atoms with Crippen molar-refractivity contribution in [3.63, 3.8) is 0 Å². The minimum Gasteiger partial charge on any atom is -0.545 e. The molecule has 416 valence electrons. The Morgan fingerprint density at radius 2 is 0.792 bits per heavy atom. The van der Waals surface area contributed by atoms with Crippen LogP contribution in [0.1, 0.15) is 251 Å². The lowest BCUT2D eigenvalue weighted by Gasteiger charge is -2.26. The molecule has 0 spiro atoms. The number of quaternary nitrogens is 1. The van der Waals surface area contributed by atoms with E-state index in [1.807, 2.05) is 21.1 Å². The summed E-state index contributed by atoms with van der Waals surface area (Å²) in [6.07, 6.45) is 66.6. The molecule has 0 fully saturated rings. The molecule has 2 unspecified atom stereocenters. The highest BCUT2D eigenvalue weighted by molar-refractivity contribution is 5.70. The monoisotopic (exact) mass is 1010 g/mol. The quantitative estimate of drug-likeness (QED) is 0.0195. The van der Waals surface area contributed by atoms with Gasteiger partial charge in [-0.05, 0) is 83.5 Å². The SMILES string of the molecule is CC/C=C\C/C=C\C/C=C\C/C=C\CCCCCCCCCCCCCCCCCCC(=O)OC(COC(=O)CCCCCCCCC/C=C\C/C=C\CCCCCC)COC(OCC[N+](C)(C)C)C(=O)[O-]. The van der Waals surface area contributed by atoms with Gasteiger partial charge in [0.15, 0.2) is 12.4 Å². The molecule has 0 heterocycles. The van der Waals surface area contributed by atoms with Crippen LogP contribution in [0, 0.1) is 0 Å². The predicted octanol–water partition coefficient (Wildman–Crippen LogP) is 16.1. The van der Waals surface area contributed by atoms with Gasteiger partial charge >= 0.3 is 11.9 Å². The molecule has 0 aromatic carbocycles. The average molecular weight is 1010 g/mol. The van der Waals surface area contributed by atoms with E-state index in [-0.39, 0.29) is 38.6 Å². The molecule has 9 nitrogen and oxygen atoms in total. The Bertz CT molecular complexity index is 1410. The molecule has 0 aliphatic heterocycles. The van der Waals surface area contributed by atoms with E-state index < -0.39 is 24.3 Å². The maximum Gasteiger partial charge on any atom is 0.306 e. The van der Waals surface area contributed by atoms with Crippen molar-refractivity contribution in [3.05, 3.63) is 72.9 Å². The van der Waals surface area contributed by atoms with Crippen molar-refractivity contribution in [2.75, 3.05) is 47.5 Å². The zero-order valence-electron chi connectivity index (χ0n) is 47.3. The van der Waals surface area contributed by atoms with Gasteiger partial charge in [0.25, 0.3) is 0 Å². The van der Waals surface area contributed by atoms with Gasteiger partial charge in [0.05, 0.1) is 40.3 Å². The van der Waals surface area contributed by atoms with Crippen molar-refractivity contribution in [3.8, 4) is 0 Å². The Labute approximate surface area is 443 Å². The Kier molecular flexibility index (Phi) is 51.6. The van der Waals surface area contributed by atoms with Gasteiger partial charge < -0.3 is 33.3 Å². The molecule has 0 aliphatic rings. The van der Waals surface area contributed by atoms with Gasteiger partial charge in [-0.15, -0.1) is 0 Å². The standard InChI is InChI=1S/C63H111NO8/c1-6-8-10-12-14-16-18-20-22-24-26-27-28-29-30-31-32-33-34-35-36-38-40-42-44-46-48-50-52-54-61(66)72-59(58-71-63(62(67)68)69-56-55-64(3,4)5)57-70-60(65)53-51-49-47-45-43-41-39-37-25-23-21-19-17-15-13-11-9-7-2/h8,10,14,16-17,19-20,22-23,25-27,59,63H,6-7,9,11-13,15,18,21,24,28-58H2,1-5H3/b10-8-,16-14-,19-17-,22-20-,25-23-,27-26-. The van der Waals surface area contributed by atoms with Gasteiger partial charge in [-0.1, -0.05) is 228 Å². The number of esters is 2. The number of likely N-dealkylation sites (N-methyl/N-ethyl adjacent to an activating group) is 1. The summed E-state index contributed by atoms with van der Waals surface area (Å²) >= 11 is 0. The number of aliphatic carboxylic acids is 1. The number of carbonyl (C=O) groups is 3. The lowest BCUT2D eigenvalue weighted by atomic mass is 10.0. The van der Waals surface area contributed by atoms with Gasteiger partial charge in [-0.2, -0.15) is 0 Å². The smallest absolute Gasteiger partial charge is 0.306 e. The molecule has 0 N–H and O–H groups in total. The largest absolute Gasteiger partial charge is 0.545 e. The molecule has 0 aromatic heterocycles. The highest BCUT2D eigenvalue weighted by Crippen LogP contribution is 2.16. The molecule has 72 heavy (non-hydrogen) atoms. The average Bonchev–Trinajstić information content (AvgIpc) is 3.35. The van der Waals surface area contributed by atoms with Crippen molar-refractivity contribution in [2.45, 2.75) is 264 Å². The second-order valence-corrected chi connectivity index (χ2v) is 20.9. The summed E-state index contributed by atoms with van der Waals surface area (Å²) in [5.74, 6) is -2.29. The van der Waals surface area contributed by atoms with E-state index in [1.54, 1.807) is 0 Å². The molecule has 0 rings (SSSR count). The summed E-state index contributed by atoms with van der Waals surface area (Å²) in [5.41, 5.74) is 0. The number of allylic oxidation sites excluding steroid dienone is 12. The summed E-state index contributed by atoms with van der Waals surface area (Å²) in [5, 5.41) is 11.8. The summed E-state index contributed by atoms with van der Waals surface area (Å²) < 4.78 is 22.7. The Balaban J connectivity index is 4.19. The molecule has 2 atom stereocenters. The van der Waals surface area contributed by atoms with Gasteiger partial charge in [0.1, 0.15) is 13.2 Å². The zero-order valence-corrected chi connectivity index (χ0v) is 47.3. The van der Waals surface area contributed by atoms with Crippen LogP contribution >= 0.6 is 0 Å². The summed E-state index contributed by atoms with van der Waals surface area (Å²) in [7, 11) is 5.92. The first-order chi connectivity index (χ1) is 35.1. The number of unbranched alkanes of at least 4 members (excludes halogenated alkanes) is 27. The highest BCUT2D eigenvalue weighted by atomic mass is 16.7. The van der Waals surface area contributed by atoms with Crippen LogP contribution in [0.3, 0.4) is 0 Å². The topological polar surface area (TPSA) is 111 Å². The van der Waals surface area contributed by atoms with Crippen LogP contribution in [-0.4, -0.2) is 82.3 Å². The number of carbonyl (C=O) groups excluding carboxylic acids is 3. The molecule has 0 radical (unpaired) electrons. The maximum atomic E-state index is 12.9. The molecule has 0 aliphatic carbocycles. The van der Waals surface area contributed by atoms with Crippen LogP contribution in [-0.2, 0) is 33.3 Å². The van der Waals surface area contributed by atoms with Crippen molar-refractivity contribution in [2.24, 2.45) is 0 Å². The number of hydrogen-bond acceptors (Lipinski definition) is 8. The maximum absolute atomic E-state index is 12.9. The van der Waals surface area contributed by atoms with Crippen LogP contribution in [0.4, 0.5) is 0 Å². The van der Waals surface area contributed by atoms with E-state index in [4.69, 9.17) is 18.9 Å². The molecule has 0 saturated carbocycles.